The highest BCUT2D eigenvalue weighted by Crippen LogP contribution is 2.22. The van der Waals surface area contributed by atoms with Crippen LogP contribution in [0.1, 0.15) is 23.4 Å². The van der Waals surface area contributed by atoms with Gasteiger partial charge in [0, 0.05) is 32.3 Å². The molecule has 0 bridgehead atoms. The van der Waals surface area contributed by atoms with Gasteiger partial charge in [-0.25, -0.2) is 4.68 Å². The lowest BCUT2D eigenvalue weighted by atomic mass is 10.1. The van der Waals surface area contributed by atoms with E-state index in [1.807, 2.05) is 42.8 Å². The van der Waals surface area contributed by atoms with Gasteiger partial charge in [-0.15, -0.1) is 0 Å². The summed E-state index contributed by atoms with van der Waals surface area (Å²) in [6.07, 6.45) is 0.711. The van der Waals surface area contributed by atoms with Gasteiger partial charge < -0.3 is 14.4 Å². The molecule has 0 aliphatic rings. The van der Waals surface area contributed by atoms with Gasteiger partial charge in [-0.05, 0) is 38.0 Å². The molecular formula is C19H25N3O4. The average Bonchev–Trinajstić information content (AvgIpc) is 2.91. The number of hydrogen-bond donors (Lipinski definition) is 0. The monoisotopic (exact) mass is 359 g/mol. The van der Waals surface area contributed by atoms with E-state index in [9.17, 15) is 9.59 Å². The number of carbonyl (C=O) groups excluding carboxylic acids is 2. The molecule has 1 aromatic carbocycles. The summed E-state index contributed by atoms with van der Waals surface area (Å²) in [5.41, 5.74) is 3.73. The zero-order chi connectivity index (χ0) is 19.3. The van der Waals surface area contributed by atoms with Crippen LogP contribution in [0, 0.1) is 13.8 Å². The van der Waals surface area contributed by atoms with E-state index in [4.69, 9.17) is 9.47 Å². The number of aryl methyl sites for hydroxylation is 1. The van der Waals surface area contributed by atoms with Crippen molar-refractivity contribution >= 4 is 11.9 Å². The molecular weight excluding hydrogens is 334 g/mol. The SMILES string of the molecule is COc1cccc(-n2nc(C)c(CCC(=O)OCC(=O)N(C)C)c2C)c1. The normalized spacial score (nSPS) is 10.5. The van der Waals surface area contributed by atoms with Gasteiger partial charge in [0.1, 0.15) is 5.75 Å². The largest absolute Gasteiger partial charge is 0.497 e. The van der Waals surface area contributed by atoms with E-state index < -0.39 is 5.97 Å². The summed E-state index contributed by atoms with van der Waals surface area (Å²) in [6.45, 7) is 3.66. The van der Waals surface area contributed by atoms with Crippen molar-refractivity contribution in [1.82, 2.24) is 14.7 Å². The van der Waals surface area contributed by atoms with Crippen molar-refractivity contribution in [2.45, 2.75) is 26.7 Å². The number of likely N-dealkylation sites (N-methyl/N-ethyl adjacent to an activating group) is 1. The van der Waals surface area contributed by atoms with Crippen LogP contribution in [0.5, 0.6) is 5.75 Å². The minimum absolute atomic E-state index is 0.201. The van der Waals surface area contributed by atoms with Crippen LogP contribution in [0.2, 0.25) is 0 Å². The summed E-state index contributed by atoms with van der Waals surface area (Å²) < 4.78 is 12.1. The van der Waals surface area contributed by atoms with Crippen molar-refractivity contribution in [3.63, 3.8) is 0 Å². The number of benzene rings is 1. The topological polar surface area (TPSA) is 73.7 Å². The Morgan fingerprint density at radius 3 is 2.62 bits per heavy atom. The minimum atomic E-state index is -0.395. The van der Waals surface area contributed by atoms with Crippen LogP contribution in [0.25, 0.3) is 5.69 Å². The van der Waals surface area contributed by atoms with Crippen molar-refractivity contribution in [2.24, 2.45) is 0 Å². The summed E-state index contributed by atoms with van der Waals surface area (Å²) in [6, 6.07) is 7.64. The maximum Gasteiger partial charge on any atom is 0.306 e. The molecule has 1 heterocycles. The molecule has 1 amide bonds. The van der Waals surface area contributed by atoms with Gasteiger partial charge in [0.15, 0.2) is 6.61 Å². The van der Waals surface area contributed by atoms with Gasteiger partial charge in [0.2, 0.25) is 0 Å². The number of nitrogens with zero attached hydrogens (tertiary/aromatic N) is 3. The number of ether oxygens (including phenoxy) is 2. The number of hydrogen-bond acceptors (Lipinski definition) is 5. The minimum Gasteiger partial charge on any atom is -0.497 e. The van der Waals surface area contributed by atoms with E-state index >= 15 is 0 Å². The maximum absolute atomic E-state index is 11.9. The van der Waals surface area contributed by atoms with E-state index in [1.165, 1.54) is 4.90 Å². The molecule has 7 nitrogen and oxygen atoms in total. The number of esters is 1. The highest BCUT2D eigenvalue weighted by molar-refractivity contribution is 5.80. The zero-order valence-electron chi connectivity index (χ0n) is 15.9. The van der Waals surface area contributed by atoms with Crippen molar-refractivity contribution < 1.29 is 19.1 Å². The molecule has 0 aliphatic carbocycles. The Labute approximate surface area is 153 Å². The van der Waals surface area contributed by atoms with Crippen LogP contribution >= 0.6 is 0 Å². The van der Waals surface area contributed by atoms with Gasteiger partial charge in [-0.3, -0.25) is 9.59 Å². The van der Waals surface area contributed by atoms with E-state index in [-0.39, 0.29) is 18.9 Å². The predicted octanol–water partition coefficient (Wildman–Crippen LogP) is 2.06. The second kappa shape index (κ2) is 8.51. The number of rotatable bonds is 7. The van der Waals surface area contributed by atoms with E-state index in [0.717, 1.165) is 28.4 Å². The molecule has 0 aliphatic heterocycles. The fourth-order valence-corrected chi connectivity index (χ4v) is 2.60. The predicted molar refractivity (Wildman–Crippen MR) is 97.6 cm³/mol. The Balaban J connectivity index is 2.06. The van der Waals surface area contributed by atoms with E-state index in [0.29, 0.717) is 6.42 Å². The first-order valence-electron chi connectivity index (χ1n) is 8.38. The van der Waals surface area contributed by atoms with Gasteiger partial charge in [0.05, 0.1) is 18.5 Å². The van der Waals surface area contributed by atoms with Crippen molar-refractivity contribution in [1.29, 1.82) is 0 Å². The molecule has 1 aromatic heterocycles. The van der Waals surface area contributed by atoms with Crippen LogP contribution < -0.4 is 4.74 Å². The second-order valence-electron chi connectivity index (χ2n) is 6.21. The third-order valence-electron chi connectivity index (χ3n) is 4.17. The van der Waals surface area contributed by atoms with Gasteiger partial charge in [-0.1, -0.05) is 6.07 Å². The summed E-state index contributed by atoms with van der Waals surface area (Å²) in [7, 11) is 4.87. The highest BCUT2D eigenvalue weighted by atomic mass is 16.5. The maximum atomic E-state index is 11.9. The van der Waals surface area contributed by atoms with Crippen molar-refractivity contribution in [3.8, 4) is 11.4 Å². The van der Waals surface area contributed by atoms with E-state index in [1.54, 1.807) is 21.2 Å². The number of aromatic nitrogens is 2. The van der Waals surface area contributed by atoms with Crippen LogP contribution in [-0.4, -0.2) is 54.4 Å². The zero-order valence-corrected chi connectivity index (χ0v) is 15.9. The summed E-state index contributed by atoms with van der Waals surface area (Å²) in [5.74, 6) is 0.121. The average molecular weight is 359 g/mol. The fourth-order valence-electron chi connectivity index (χ4n) is 2.60. The Kier molecular flexibility index (Phi) is 6.38. The number of methoxy groups -OCH3 is 1. The molecule has 0 fully saturated rings. The quantitative estimate of drug-likeness (QED) is 0.708. The van der Waals surface area contributed by atoms with Gasteiger partial charge in [-0.2, -0.15) is 5.10 Å². The molecule has 0 unspecified atom stereocenters. The molecule has 0 spiro atoms. The Morgan fingerprint density at radius 2 is 1.96 bits per heavy atom. The van der Waals surface area contributed by atoms with Crippen LogP contribution in [0.4, 0.5) is 0 Å². The van der Waals surface area contributed by atoms with Crippen molar-refractivity contribution in [2.75, 3.05) is 27.8 Å². The molecule has 7 heteroatoms. The lowest BCUT2D eigenvalue weighted by Crippen LogP contribution is -2.27. The first-order chi connectivity index (χ1) is 12.3. The molecule has 2 aromatic rings. The van der Waals surface area contributed by atoms with E-state index in [2.05, 4.69) is 5.10 Å². The molecule has 26 heavy (non-hydrogen) atoms. The Hall–Kier alpha value is -2.83. The third kappa shape index (κ3) is 4.62. The van der Waals surface area contributed by atoms with Crippen LogP contribution in [-0.2, 0) is 20.7 Å². The number of carbonyl (C=O) groups is 2. The summed E-state index contributed by atoms with van der Waals surface area (Å²) >= 11 is 0. The Bertz CT molecular complexity index is 796. The van der Waals surface area contributed by atoms with Gasteiger partial charge in [0.25, 0.3) is 5.91 Å². The molecule has 2 rings (SSSR count). The van der Waals surface area contributed by atoms with Crippen molar-refractivity contribution in [3.05, 3.63) is 41.2 Å². The molecule has 0 radical (unpaired) electrons. The molecule has 0 N–H and O–H groups in total. The molecule has 140 valence electrons. The third-order valence-corrected chi connectivity index (χ3v) is 4.17. The van der Waals surface area contributed by atoms with Gasteiger partial charge >= 0.3 is 5.97 Å². The smallest absolute Gasteiger partial charge is 0.306 e. The standard InChI is InChI=1S/C19H25N3O4/c1-13-17(9-10-19(24)26-12-18(23)21(3)4)14(2)22(20-13)15-7-6-8-16(11-15)25-5/h6-8,11H,9-10,12H2,1-5H3. The molecule has 0 atom stereocenters. The highest BCUT2D eigenvalue weighted by Gasteiger charge is 2.16. The fraction of sp³-hybridized carbons (Fsp3) is 0.421. The summed E-state index contributed by atoms with van der Waals surface area (Å²) in [5, 5.41) is 4.58. The molecule has 0 saturated heterocycles. The summed E-state index contributed by atoms with van der Waals surface area (Å²) in [4.78, 5) is 24.7. The first-order valence-corrected chi connectivity index (χ1v) is 8.38. The first kappa shape index (κ1) is 19.5. The lowest BCUT2D eigenvalue weighted by Gasteiger charge is -2.10. The second-order valence-corrected chi connectivity index (χ2v) is 6.21. The molecule has 0 saturated carbocycles. The number of amides is 1. The van der Waals surface area contributed by atoms with Crippen LogP contribution in [0.3, 0.4) is 0 Å². The Morgan fingerprint density at radius 1 is 1.23 bits per heavy atom. The lowest BCUT2D eigenvalue weighted by molar-refractivity contribution is -0.151. The van der Waals surface area contributed by atoms with Crippen LogP contribution in [0.15, 0.2) is 24.3 Å².